The van der Waals surface area contributed by atoms with Crippen LogP contribution in [-0.4, -0.2) is 26.0 Å². The smallest absolute Gasteiger partial charge is 0.207 e. The molecule has 0 spiro atoms. The first-order valence-corrected chi connectivity index (χ1v) is 10.6. The van der Waals surface area contributed by atoms with E-state index in [2.05, 4.69) is 26.9 Å². The Balaban J connectivity index is 2.02. The maximum atomic E-state index is 12.3. The molecule has 0 saturated heterocycles. The summed E-state index contributed by atoms with van der Waals surface area (Å²) in [5.41, 5.74) is 0.969. The number of hydrogen-bond donors (Lipinski definition) is 1. The SMILES string of the molecule is CSC1CCC(NS(=O)(=O)c2cc(C)c(Br)s2)CC1. The van der Waals surface area contributed by atoms with E-state index < -0.39 is 10.0 Å². The number of thiophene rings is 1. The molecule has 1 aliphatic rings. The standard InChI is InChI=1S/C12H18BrNO2S3/c1-8-7-11(18-12(8)13)19(15,16)14-9-3-5-10(17-2)6-4-9/h7,9-10,14H,3-6H2,1-2H3. The lowest BCUT2D eigenvalue weighted by Crippen LogP contribution is -2.37. The van der Waals surface area contributed by atoms with Crippen LogP contribution in [0, 0.1) is 6.92 Å². The zero-order chi connectivity index (χ0) is 14.0. The molecule has 0 aromatic carbocycles. The molecule has 2 rings (SSSR count). The molecule has 1 N–H and O–H groups in total. The van der Waals surface area contributed by atoms with Crippen LogP contribution in [0.5, 0.6) is 0 Å². The number of halogens is 1. The second-order valence-corrected chi connectivity index (χ2v) is 10.3. The highest BCUT2D eigenvalue weighted by Crippen LogP contribution is 2.32. The summed E-state index contributed by atoms with van der Waals surface area (Å²) in [5, 5.41) is 0.693. The molecule has 1 saturated carbocycles. The molecule has 1 heterocycles. The van der Waals surface area contributed by atoms with Crippen molar-refractivity contribution in [3.63, 3.8) is 0 Å². The molecule has 7 heteroatoms. The zero-order valence-corrected chi connectivity index (χ0v) is 15.0. The van der Waals surface area contributed by atoms with Gasteiger partial charge in [-0.2, -0.15) is 11.8 Å². The fraction of sp³-hybridized carbons (Fsp3) is 0.667. The lowest BCUT2D eigenvalue weighted by atomic mass is 9.96. The van der Waals surface area contributed by atoms with Crippen molar-refractivity contribution in [2.75, 3.05) is 6.26 Å². The largest absolute Gasteiger partial charge is 0.250 e. The minimum Gasteiger partial charge on any atom is -0.207 e. The van der Waals surface area contributed by atoms with Crippen LogP contribution >= 0.6 is 39.0 Å². The van der Waals surface area contributed by atoms with E-state index >= 15 is 0 Å². The number of sulfonamides is 1. The maximum Gasteiger partial charge on any atom is 0.250 e. The minimum absolute atomic E-state index is 0.0922. The fourth-order valence-electron chi connectivity index (χ4n) is 2.26. The van der Waals surface area contributed by atoms with E-state index in [1.165, 1.54) is 11.3 Å². The van der Waals surface area contributed by atoms with Gasteiger partial charge in [0.05, 0.1) is 3.79 Å². The van der Waals surface area contributed by atoms with Crippen molar-refractivity contribution in [1.29, 1.82) is 0 Å². The van der Waals surface area contributed by atoms with Crippen molar-refractivity contribution in [1.82, 2.24) is 4.72 Å². The second-order valence-electron chi connectivity index (χ2n) is 4.85. The number of nitrogens with one attached hydrogen (secondary N) is 1. The summed E-state index contributed by atoms with van der Waals surface area (Å²) in [5.74, 6) is 0. The first kappa shape index (κ1) is 15.8. The molecule has 0 aliphatic heterocycles. The van der Waals surface area contributed by atoms with Gasteiger partial charge in [0, 0.05) is 11.3 Å². The van der Waals surface area contributed by atoms with E-state index in [9.17, 15) is 8.42 Å². The Bertz CT molecular complexity index is 514. The van der Waals surface area contributed by atoms with Gasteiger partial charge in [-0.05, 0) is 66.4 Å². The Morgan fingerprint density at radius 2 is 2.00 bits per heavy atom. The van der Waals surface area contributed by atoms with Crippen LogP contribution in [0.1, 0.15) is 31.2 Å². The Labute approximate surface area is 131 Å². The fourth-order valence-corrected chi connectivity index (χ4v) is 6.55. The number of thioether (sulfide) groups is 1. The molecule has 1 aromatic heterocycles. The third-order valence-corrected chi connectivity index (χ3v) is 8.70. The van der Waals surface area contributed by atoms with Gasteiger partial charge >= 0.3 is 0 Å². The molecule has 3 nitrogen and oxygen atoms in total. The van der Waals surface area contributed by atoms with Crippen LogP contribution in [0.25, 0.3) is 0 Å². The predicted molar refractivity (Wildman–Crippen MR) is 86.6 cm³/mol. The van der Waals surface area contributed by atoms with Crippen LogP contribution < -0.4 is 4.72 Å². The number of aryl methyl sites for hydroxylation is 1. The molecule has 0 amide bonds. The van der Waals surface area contributed by atoms with Gasteiger partial charge in [0.15, 0.2) is 0 Å². The van der Waals surface area contributed by atoms with E-state index in [0.29, 0.717) is 9.46 Å². The molecule has 0 unspecified atom stereocenters. The summed E-state index contributed by atoms with van der Waals surface area (Å²) in [6.07, 6.45) is 6.21. The third kappa shape index (κ3) is 3.97. The summed E-state index contributed by atoms with van der Waals surface area (Å²) >= 11 is 6.54. The molecule has 1 aromatic rings. The van der Waals surface area contributed by atoms with Gasteiger partial charge in [-0.25, -0.2) is 13.1 Å². The lowest BCUT2D eigenvalue weighted by molar-refractivity contribution is 0.420. The summed E-state index contributed by atoms with van der Waals surface area (Å²) in [4.78, 5) is 0. The highest BCUT2D eigenvalue weighted by molar-refractivity contribution is 9.11. The van der Waals surface area contributed by atoms with Crippen molar-refractivity contribution in [2.24, 2.45) is 0 Å². The van der Waals surface area contributed by atoms with Crippen molar-refractivity contribution in [3.05, 3.63) is 15.4 Å². The Morgan fingerprint density at radius 3 is 2.47 bits per heavy atom. The van der Waals surface area contributed by atoms with Crippen molar-refractivity contribution in [3.8, 4) is 0 Å². The van der Waals surface area contributed by atoms with Crippen LogP contribution in [0.4, 0.5) is 0 Å². The first-order chi connectivity index (χ1) is 8.92. The van der Waals surface area contributed by atoms with Gasteiger partial charge < -0.3 is 0 Å². The van der Waals surface area contributed by atoms with Crippen LogP contribution in [0.15, 0.2) is 14.1 Å². The number of rotatable bonds is 4. The first-order valence-electron chi connectivity index (χ1n) is 6.23. The topological polar surface area (TPSA) is 46.2 Å². The van der Waals surface area contributed by atoms with Crippen molar-refractivity contribution >= 4 is 49.1 Å². The molecule has 0 radical (unpaired) electrons. The van der Waals surface area contributed by atoms with Crippen LogP contribution in [0.3, 0.4) is 0 Å². The van der Waals surface area contributed by atoms with E-state index in [0.717, 1.165) is 35.0 Å². The average molecular weight is 384 g/mol. The highest BCUT2D eigenvalue weighted by atomic mass is 79.9. The highest BCUT2D eigenvalue weighted by Gasteiger charge is 2.26. The van der Waals surface area contributed by atoms with Crippen LogP contribution in [-0.2, 0) is 10.0 Å². The quantitative estimate of drug-likeness (QED) is 0.860. The maximum absolute atomic E-state index is 12.3. The predicted octanol–water partition coefficient (Wildman–Crippen LogP) is 3.77. The van der Waals surface area contributed by atoms with Gasteiger partial charge in [0.25, 0.3) is 0 Å². The Morgan fingerprint density at radius 1 is 1.37 bits per heavy atom. The van der Waals surface area contributed by atoms with E-state index in [-0.39, 0.29) is 6.04 Å². The van der Waals surface area contributed by atoms with Crippen molar-refractivity contribution in [2.45, 2.75) is 48.1 Å². The van der Waals surface area contributed by atoms with E-state index in [1.807, 2.05) is 18.7 Å². The van der Waals surface area contributed by atoms with Gasteiger partial charge in [-0.15, -0.1) is 11.3 Å². The molecule has 19 heavy (non-hydrogen) atoms. The summed E-state index contributed by atoms with van der Waals surface area (Å²) in [6, 6.07) is 1.82. The zero-order valence-electron chi connectivity index (χ0n) is 11.0. The molecule has 0 bridgehead atoms. The summed E-state index contributed by atoms with van der Waals surface area (Å²) in [6.45, 7) is 1.91. The molecular formula is C12H18BrNO2S3. The van der Waals surface area contributed by atoms with E-state index in [1.54, 1.807) is 6.07 Å². The van der Waals surface area contributed by atoms with Gasteiger partial charge in [0.1, 0.15) is 4.21 Å². The Hall–Kier alpha value is 0.440. The molecule has 0 atom stereocenters. The van der Waals surface area contributed by atoms with Gasteiger partial charge in [-0.3, -0.25) is 0 Å². The monoisotopic (exact) mass is 383 g/mol. The minimum atomic E-state index is -3.35. The summed E-state index contributed by atoms with van der Waals surface area (Å²) < 4.78 is 28.7. The van der Waals surface area contributed by atoms with Gasteiger partial charge in [0.2, 0.25) is 10.0 Å². The average Bonchev–Trinajstić information content (AvgIpc) is 2.71. The van der Waals surface area contributed by atoms with E-state index in [4.69, 9.17) is 0 Å². The molecule has 1 aliphatic carbocycles. The van der Waals surface area contributed by atoms with Crippen LogP contribution in [0.2, 0.25) is 0 Å². The lowest BCUT2D eigenvalue weighted by Gasteiger charge is -2.27. The van der Waals surface area contributed by atoms with Crippen molar-refractivity contribution < 1.29 is 8.42 Å². The third-order valence-electron chi connectivity index (χ3n) is 3.43. The number of hydrogen-bond acceptors (Lipinski definition) is 4. The molecule has 108 valence electrons. The molecular weight excluding hydrogens is 366 g/mol. The second kappa shape index (κ2) is 6.47. The Kier molecular flexibility index (Phi) is 5.39. The van der Waals surface area contributed by atoms with Gasteiger partial charge in [-0.1, -0.05) is 0 Å². The summed E-state index contributed by atoms with van der Waals surface area (Å²) in [7, 11) is -3.35. The normalized spacial score (nSPS) is 24.6. The molecule has 1 fully saturated rings.